The molecule has 2 aromatic carbocycles. The third kappa shape index (κ3) is 3.12. The molecule has 0 fully saturated rings. The van der Waals surface area contributed by atoms with Gasteiger partial charge in [-0.1, -0.05) is 0 Å². The number of phenolic OH excluding ortho intramolecular Hbond substituents is 1. The second-order valence-corrected chi connectivity index (χ2v) is 6.04. The first-order valence-corrected chi connectivity index (χ1v) is 7.34. The van der Waals surface area contributed by atoms with Crippen LogP contribution < -0.4 is 4.72 Å². The normalized spacial score (nSPS) is 10.9. The van der Waals surface area contributed by atoms with Crippen molar-refractivity contribution >= 4 is 15.7 Å². The maximum atomic E-state index is 13.2. The number of hydrogen-bond acceptors (Lipinski definition) is 4. The molecular formula is C14H11FN2O3S. The lowest BCUT2D eigenvalue weighted by atomic mass is 10.2. The first-order chi connectivity index (χ1) is 9.83. The molecule has 2 rings (SSSR count). The van der Waals surface area contributed by atoms with E-state index in [1.54, 1.807) is 13.0 Å². The number of sulfonamides is 1. The van der Waals surface area contributed by atoms with Crippen LogP contribution >= 0.6 is 0 Å². The number of anilines is 1. The number of nitriles is 1. The van der Waals surface area contributed by atoms with Crippen molar-refractivity contribution in [3.8, 4) is 11.8 Å². The lowest BCUT2D eigenvalue weighted by molar-refractivity contribution is 0.475. The molecule has 0 aromatic heterocycles. The summed E-state index contributed by atoms with van der Waals surface area (Å²) in [6.45, 7) is 1.63. The summed E-state index contributed by atoms with van der Waals surface area (Å²) in [5.41, 5.74) is 0.470. The summed E-state index contributed by atoms with van der Waals surface area (Å²) in [5.74, 6) is -0.763. The first-order valence-electron chi connectivity index (χ1n) is 5.85. The highest BCUT2D eigenvalue weighted by Crippen LogP contribution is 2.24. The zero-order valence-electron chi connectivity index (χ0n) is 11.0. The Kier molecular flexibility index (Phi) is 3.82. The van der Waals surface area contributed by atoms with Gasteiger partial charge in [-0.2, -0.15) is 5.26 Å². The minimum absolute atomic E-state index is 0.0176. The summed E-state index contributed by atoms with van der Waals surface area (Å²) < 4.78 is 40.0. The van der Waals surface area contributed by atoms with Crippen LogP contribution in [0.15, 0.2) is 41.3 Å². The van der Waals surface area contributed by atoms with E-state index in [1.165, 1.54) is 18.2 Å². The molecule has 7 heteroatoms. The summed E-state index contributed by atoms with van der Waals surface area (Å²) in [6.07, 6.45) is 0. The number of benzene rings is 2. The summed E-state index contributed by atoms with van der Waals surface area (Å²) in [7, 11) is -3.95. The molecule has 0 aliphatic carbocycles. The van der Waals surface area contributed by atoms with E-state index < -0.39 is 15.8 Å². The van der Waals surface area contributed by atoms with Crippen molar-refractivity contribution in [3.63, 3.8) is 0 Å². The van der Waals surface area contributed by atoms with Crippen molar-refractivity contribution in [2.75, 3.05) is 4.72 Å². The Bertz CT molecular complexity index is 842. The van der Waals surface area contributed by atoms with Crippen molar-refractivity contribution < 1.29 is 17.9 Å². The molecule has 0 radical (unpaired) electrons. The molecule has 0 aliphatic rings. The van der Waals surface area contributed by atoms with E-state index in [4.69, 9.17) is 5.26 Å². The van der Waals surface area contributed by atoms with Gasteiger partial charge in [-0.25, -0.2) is 12.8 Å². The van der Waals surface area contributed by atoms with Gasteiger partial charge in [0.1, 0.15) is 17.6 Å². The third-order valence-electron chi connectivity index (χ3n) is 2.82. The van der Waals surface area contributed by atoms with Crippen LogP contribution in [0.5, 0.6) is 5.75 Å². The summed E-state index contributed by atoms with van der Waals surface area (Å²) >= 11 is 0. The zero-order valence-corrected chi connectivity index (χ0v) is 11.8. The number of rotatable bonds is 3. The number of aromatic hydroxyl groups is 1. The maximum Gasteiger partial charge on any atom is 0.261 e. The Morgan fingerprint density at radius 3 is 2.57 bits per heavy atom. The van der Waals surface area contributed by atoms with Crippen molar-refractivity contribution in [2.24, 2.45) is 0 Å². The molecule has 2 N–H and O–H groups in total. The SMILES string of the molecule is Cc1cc(O)ccc1NS(=O)(=O)c1ccc(F)c(C#N)c1. The molecule has 108 valence electrons. The van der Waals surface area contributed by atoms with Gasteiger partial charge in [-0.05, 0) is 48.9 Å². The predicted molar refractivity (Wildman–Crippen MR) is 74.8 cm³/mol. The van der Waals surface area contributed by atoms with Crippen molar-refractivity contribution in [1.82, 2.24) is 0 Å². The summed E-state index contributed by atoms with van der Waals surface area (Å²) in [5, 5.41) is 18.0. The molecule has 0 bridgehead atoms. The van der Waals surface area contributed by atoms with Gasteiger partial charge in [0.2, 0.25) is 0 Å². The van der Waals surface area contributed by atoms with Crippen molar-refractivity contribution in [2.45, 2.75) is 11.8 Å². The van der Waals surface area contributed by atoms with Gasteiger partial charge in [-0.3, -0.25) is 4.72 Å². The van der Waals surface area contributed by atoms with Gasteiger partial charge in [0.15, 0.2) is 0 Å². The highest BCUT2D eigenvalue weighted by atomic mass is 32.2. The Labute approximate surface area is 121 Å². The molecule has 2 aromatic rings. The second kappa shape index (κ2) is 5.42. The number of phenols is 1. The number of nitrogens with zero attached hydrogens (tertiary/aromatic N) is 1. The molecule has 21 heavy (non-hydrogen) atoms. The second-order valence-electron chi connectivity index (χ2n) is 4.36. The molecule has 0 amide bonds. The maximum absolute atomic E-state index is 13.2. The lowest BCUT2D eigenvalue weighted by Crippen LogP contribution is -2.14. The average Bonchev–Trinajstić information content (AvgIpc) is 2.42. The van der Waals surface area contributed by atoms with E-state index in [0.717, 1.165) is 18.2 Å². The number of aryl methyl sites for hydroxylation is 1. The van der Waals surface area contributed by atoms with Crippen molar-refractivity contribution in [1.29, 1.82) is 5.26 Å². The molecule has 0 unspecified atom stereocenters. The van der Waals surface area contributed by atoms with Crippen LogP contribution in [0.25, 0.3) is 0 Å². The average molecular weight is 306 g/mol. The van der Waals surface area contributed by atoms with E-state index in [-0.39, 0.29) is 21.9 Å². The summed E-state index contributed by atoms with van der Waals surface area (Å²) in [6, 6.07) is 8.72. The van der Waals surface area contributed by atoms with Crippen molar-refractivity contribution in [3.05, 3.63) is 53.3 Å². The summed E-state index contributed by atoms with van der Waals surface area (Å²) in [4.78, 5) is -0.215. The van der Waals surface area contributed by atoms with Crippen LogP contribution in [0.4, 0.5) is 10.1 Å². The fourth-order valence-electron chi connectivity index (χ4n) is 1.72. The van der Waals surface area contributed by atoms with Crippen LogP contribution in [0.1, 0.15) is 11.1 Å². The smallest absolute Gasteiger partial charge is 0.261 e. The van der Waals surface area contributed by atoms with E-state index >= 15 is 0 Å². The fourth-order valence-corrected chi connectivity index (χ4v) is 2.88. The van der Waals surface area contributed by atoms with Gasteiger partial charge in [0.25, 0.3) is 10.0 Å². The minimum Gasteiger partial charge on any atom is -0.508 e. The Hall–Kier alpha value is -2.59. The number of nitrogens with one attached hydrogen (secondary N) is 1. The molecule has 0 spiro atoms. The molecule has 5 nitrogen and oxygen atoms in total. The Morgan fingerprint density at radius 1 is 1.24 bits per heavy atom. The van der Waals surface area contributed by atoms with Crippen LogP contribution in [0.3, 0.4) is 0 Å². The first kappa shape index (κ1) is 14.8. The molecule has 0 heterocycles. The number of hydrogen-bond donors (Lipinski definition) is 2. The highest BCUT2D eigenvalue weighted by Gasteiger charge is 2.17. The minimum atomic E-state index is -3.95. The Morgan fingerprint density at radius 2 is 1.95 bits per heavy atom. The van der Waals surface area contributed by atoms with Crippen LogP contribution in [0.2, 0.25) is 0 Å². The third-order valence-corrected chi connectivity index (χ3v) is 4.19. The topological polar surface area (TPSA) is 90.2 Å². The van der Waals surface area contributed by atoms with Gasteiger partial charge < -0.3 is 5.11 Å². The highest BCUT2D eigenvalue weighted by molar-refractivity contribution is 7.92. The zero-order chi connectivity index (χ0) is 15.6. The molecule has 0 atom stereocenters. The Balaban J connectivity index is 2.41. The van der Waals surface area contributed by atoms with Gasteiger partial charge in [0.05, 0.1) is 16.1 Å². The lowest BCUT2D eigenvalue weighted by Gasteiger charge is -2.11. The van der Waals surface area contributed by atoms with E-state index in [2.05, 4.69) is 4.72 Å². The van der Waals surface area contributed by atoms with E-state index in [0.29, 0.717) is 5.56 Å². The van der Waals surface area contributed by atoms with Gasteiger partial charge in [0, 0.05) is 0 Å². The van der Waals surface area contributed by atoms with Crippen LogP contribution in [-0.2, 0) is 10.0 Å². The van der Waals surface area contributed by atoms with Gasteiger partial charge >= 0.3 is 0 Å². The monoisotopic (exact) mass is 306 g/mol. The molecule has 0 saturated heterocycles. The number of halogens is 1. The van der Waals surface area contributed by atoms with E-state index in [9.17, 15) is 17.9 Å². The van der Waals surface area contributed by atoms with Gasteiger partial charge in [-0.15, -0.1) is 0 Å². The van der Waals surface area contributed by atoms with E-state index in [1.807, 2.05) is 0 Å². The quantitative estimate of drug-likeness (QED) is 0.853. The van der Waals surface area contributed by atoms with Crippen LogP contribution in [0, 0.1) is 24.1 Å². The standard InChI is InChI=1S/C14H11FN2O3S/c1-9-6-11(18)2-5-14(9)17-21(19,20)12-3-4-13(15)10(7-12)8-16/h2-7,17-18H,1H3. The fraction of sp³-hybridized carbons (Fsp3) is 0.0714. The van der Waals surface area contributed by atoms with Crippen LogP contribution in [-0.4, -0.2) is 13.5 Å². The molecular weight excluding hydrogens is 295 g/mol. The largest absolute Gasteiger partial charge is 0.508 e. The predicted octanol–water partition coefficient (Wildman–Crippen LogP) is 2.51. The molecule has 0 saturated carbocycles. The molecule has 0 aliphatic heterocycles.